The first kappa shape index (κ1) is 14.2. The Bertz CT molecular complexity index is 852. The van der Waals surface area contributed by atoms with Crippen LogP contribution in [0.5, 0.6) is 0 Å². The maximum Gasteiger partial charge on any atom is 0.279 e. The number of rotatable bonds is 2. The zero-order valence-electron chi connectivity index (χ0n) is 11.6. The molecule has 0 saturated carbocycles. The molecule has 5 heteroatoms. The standard InChI is InChI=1S/C17H12ClN3O/c18-16-9-5-4-8-15(16)17(22)20-13-10-11-21(19-12-13)14-6-2-1-3-7-14/h1-12H. The molecule has 0 aliphatic heterocycles. The van der Waals surface area contributed by atoms with Crippen molar-refractivity contribution >= 4 is 17.5 Å². The number of hydrogen-bond donors (Lipinski definition) is 0. The molecule has 108 valence electrons. The fourth-order valence-corrected chi connectivity index (χ4v) is 2.18. The van der Waals surface area contributed by atoms with Crippen molar-refractivity contribution in [3.05, 3.63) is 89.0 Å². The summed E-state index contributed by atoms with van der Waals surface area (Å²) in [6.07, 6.45) is 3.30. The molecule has 2 aromatic carbocycles. The summed E-state index contributed by atoms with van der Waals surface area (Å²) in [5.74, 6) is -0.384. The molecule has 4 nitrogen and oxygen atoms in total. The maximum atomic E-state index is 12.1. The summed E-state index contributed by atoms with van der Waals surface area (Å²) in [5.41, 5.74) is 1.32. The molecule has 1 heterocycles. The van der Waals surface area contributed by atoms with E-state index in [1.54, 1.807) is 47.4 Å². The van der Waals surface area contributed by atoms with Gasteiger partial charge in [-0.15, -0.1) is 0 Å². The second-order valence-corrected chi connectivity index (χ2v) is 4.97. The van der Waals surface area contributed by atoms with Crippen LogP contribution in [0.3, 0.4) is 0 Å². The molecular weight excluding hydrogens is 298 g/mol. The van der Waals surface area contributed by atoms with Crippen molar-refractivity contribution in [1.29, 1.82) is 0 Å². The van der Waals surface area contributed by atoms with Gasteiger partial charge < -0.3 is 0 Å². The zero-order chi connectivity index (χ0) is 15.4. The smallest absolute Gasteiger partial charge is 0.267 e. The van der Waals surface area contributed by atoms with E-state index in [2.05, 4.69) is 10.1 Å². The van der Waals surface area contributed by atoms with Gasteiger partial charge in [-0.3, -0.25) is 4.79 Å². The summed E-state index contributed by atoms with van der Waals surface area (Å²) in [7, 11) is 0. The Balaban J connectivity index is 1.90. The van der Waals surface area contributed by atoms with E-state index >= 15 is 0 Å². The number of carbonyl (C=O) groups is 1. The number of hydrogen-bond acceptors (Lipinski definition) is 2. The minimum Gasteiger partial charge on any atom is -0.267 e. The van der Waals surface area contributed by atoms with Crippen molar-refractivity contribution in [2.24, 2.45) is 4.99 Å². The SMILES string of the molecule is O=C(N=c1ccn(-c2ccccc2)nc1)c1ccccc1Cl. The third-order valence-electron chi connectivity index (χ3n) is 3.06. The van der Waals surface area contributed by atoms with Gasteiger partial charge in [0.15, 0.2) is 0 Å². The van der Waals surface area contributed by atoms with E-state index in [0.29, 0.717) is 15.9 Å². The largest absolute Gasteiger partial charge is 0.279 e. The molecule has 3 aromatic rings. The number of nitrogens with zero attached hydrogens (tertiary/aromatic N) is 3. The Morgan fingerprint density at radius 3 is 2.41 bits per heavy atom. The van der Waals surface area contributed by atoms with Gasteiger partial charge in [-0.25, -0.2) is 9.67 Å². The highest BCUT2D eigenvalue weighted by molar-refractivity contribution is 6.33. The summed E-state index contributed by atoms with van der Waals surface area (Å²) < 4.78 is 1.71. The van der Waals surface area contributed by atoms with E-state index < -0.39 is 0 Å². The summed E-state index contributed by atoms with van der Waals surface area (Å²) in [6.45, 7) is 0. The molecule has 0 radical (unpaired) electrons. The molecule has 22 heavy (non-hydrogen) atoms. The molecule has 0 atom stereocenters. The van der Waals surface area contributed by atoms with Crippen LogP contribution in [0.2, 0.25) is 5.02 Å². The van der Waals surface area contributed by atoms with Gasteiger partial charge in [0.25, 0.3) is 5.91 Å². The lowest BCUT2D eigenvalue weighted by atomic mass is 10.2. The molecule has 0 fully saturated rings. The number of amides is 1. The van der Waals surface area contributed by atoms with Gasteiger partial charge in [-0.05, 0) is 30.3 Å². The van der Waals surface area contributed by atoms with Crippen LogP contribution < -0.4 is 5.36 Å². The lowest BCUT2D eigenvalue weighted by Gasteiger charge is -2.03. The molecule has 0 N–H and O–H groups in total. The lowest BCUT2D eigenvalue weighted by Crippen LogP contribution is -2.11. The van der Waals surface area contributed by atoms with E-state index in [0.717, 1.165) is 5.69 Å². The van der Waals surface area contributed by atoms with E-state index in [4.69, 9.17) is 11.6 Å². The molecule has 1 amide bonds. The van der Waals surface area contributed by atoms with E-state index in [-0.39, 0.29) is 5.91 Å². The van der Waals surface area contributed by atoms with Crippen molar-refractivity contribution in [2.75, 3.05) is 0 Å². The van der Waals surface area contributed by atoms with Crippen LogP contribution in [0.25, 0.3) is 5.69 Å². The summed E-state index contributed by atoms with van der Waals surface area (Å²) in [5, 5.41) is 5.13. The fraction of sp³-hybridized carbons (Fsp3) is 0. The molecule has 0 saturated heterocycles. The van der Waals surface area contributed by atoms with Crippen molar-refractivity contribution in [1.82, 2.24) is 9.78 Å². The number of benzene rings is 2. The second kappa shape index (κ2) is 6.37. The van der Waals surface area contributed by atoms with Gasteiger partial charge in [-0.1, -0.05) is 41.9 Å². The molecule has 0 unspecified atom stereocenters. The van der Waals surface area contributed by atoms with Crippen LogP contribution in [0, 0.1) is 0 Å². The molecular formula is C17H12ClN3O. The van der Waals surface area contributed by atoms with Crippen LogP contribution >= 0.6 is 11.6 Å². The Morgan fingerprint density at radius 1 is 1.00 bits per heavy atom. The second-order valence-electron chi connectivity index (χ2n) is 4.56. The molecule has 0 bridgehead atoms. The predicted molar refractivity (Wildman–Crippen MR) is 84.9 cm³/mol. The van der Waals surface area contributed by atoms with Gasteiger partial charge in [0, 0.05) is 6.20 Å². The number of halogens is 1. The Kier molecular flexibility index (Phi) is 4.12. The molecule has 1 aromatic heterocycles. The molecule has 0 spiro atoms. The highest BCUT2D eigenvalue weighted by Crippen LogP contribution is 2.15. The minimum absolute atomic E-state index is 0.379. The maximum absolute atomic E-state index is 12.1. The number of para-hydroxylation sites is 1. The first-order valence-electron chi connectivity index (χ1n) is 6.68. The highest BCUT2D eigenvalue weighted by Gasteiger charge is 2.07. The van der Waals surface area contributed by atoms with E-state index in [1.165, 1.54) is 0 Å². The summed E-state index contributed by atoms with van der Waals surface area (Å²) in [4.78, 5) is 16.1. The van der Waals surface area contributed by atoms with Crippen molar-refractivity contribution in [3.8, 4) is 5.69 Å². The first-order chi connectivity index (χ1) is 10.7. The van der Waals surface area contributed by atoms with Crippen LogP contribution in [0.4, 0.5) is 0 Å². The zero-order valence-corrected chi connectivity index (χ0v) is 12.3. The summed E-state index contributed by atoms with van der Waals surface area (Å²) in [6, 6.07) is 18.3. The molecule has 0 aliphatic carbocycles. The van der Waals surface area contributed by atoms with Crippen LogP contribution in [-0.2, 0) is 0 Å². The summed E-state index contributed by atoms with van der Waals surface area (Å²) >= 11 is 5.99. The average Bonchev–Trinajstić information content (AvgIpc) is 2.57. The topological polar surface area (TPSA) is 47.2 Å². The lowest BCUT2D eigenvalue weighted by molar-refractivity contribution is 0.0998. The minimum atomic E-state index is -0.384. The Morgan fingerprint density at radius 2 is 1.73 bits per heavy atom. The Hall–Kier alpha value is -2.72. The van der Waals surface area contributed by atoms with Crippen molar-refractivity contribution in [3.63, 3.8) is 0 Å². The third kappa shape index (κ3) is 3.13. The van der Waals surface area contributed by atoms with Gasteiger partial charge in [-0.2, -0.15) is 5.10 Å². The van der Waals surface area contributed by atoms with Gasteiger partial charge in [0.05, 0.1) is 27.8 Å². The highest BCUT2D eigenvalue weighted by atomic mass is 35.5. The van der Waals surface area contributed by atoms with Gasteiger partial charge in [0.1, 0.15) is 0 Å². The van der Waals surface area contributed by atoms with Crippen molar-refractivity contribution < 1.29 is 4.79 Å². The van der Waals surface area contributed by atoms with E-state index in [9.17, 15) is 4.79 Å². The first-order valence-corrected chi connectivity index (χ1v) is 7.06. The molecule has 3 rings (SSSR count). The average molecular weight is 310 g/mol. The fourth-order valence-electron chi connectivity index (χ4n) is 1.96. The normalized spacial score (nSPS) is 11.4. The van der Waals surface area contributed by atoms with Gasteiger partial charge >= 0.3 is 0 Å². The van der Waals surface area contributed by atoms with Gasteiger partial charge in [0.2, 0.25) is 0 Å². The third-order valence-corrected chi connectivity index (χ3v) is 3.39. The van der Waals surface area contributed by atoms with Crippen LogP contribution in [0.1, 0.15) is 10.4 Å². The van der Waals surface area contributed by atoms with E-state index in [1.807, 2.05) is 30.3 Å². The molecule has 0 aliphatic rings. The van der Waals surface area contributed by atoms with Crippen molar-refractivity contribution in [2.45, 2.75) is 0 Å². The quantitative estimate of drug-likeness (QED) is 0.729. The number of aromatic nitrogens is 2. The van der Waals surface area contributed by atoms with Crippen LogP contribution in [-0.4, -0.2) is 15.7 Å². The predicted octanol–water partition coefficient (Wildman–Crippen LogP) is 3.27. The number of carbonyl (C=O) groups excluding carboxylic acids is 1. The van der Waals surface area contributed by atoms with Crippen LogP contribution in [0.15, 0.2) is 78.0 Å². The monoisotopic (exact) mass is 309 g/mol. The Labute approximate surface area is 132 Å².